The van der Waals surface area contributed by atoms with Crippen LogP contribution in [0.25, 0.3) is 0 Å². The Kier molecular flexibility index (Phi) is 6.92. The van der Waals surface area contributed by atoms with Gasteiger partial charge in [0.1, 0.15) is 17.3 Å². The fourth-order valence-corrected chi connectivity index (χ4v) is 4.83. The number of ether oxygens (including phenoxy) is 2. The fourth-order valence-electron chi connectivity index (χ4n) is 3.54. The molecule has 1 aromatic heterocycles. The number of anilines is 1. The second-order valence-corrected chi connectivity index (χ2v) is 8.43. The molecule has 0 saturated heterocycles. The Morgan fingerprint density at radius 2 is 1.90 bits per heavy atom. The Morgan fingerprint density at radius 3 is 2.52 bits per heavy atom. The molecule has 2 heterocycles. The Hall–Kier alpha value is -2.38. The van der Waals surface area contributed by atoms with Crippen LogP contribution >= 0.6 is 11.3 Å². The summed E-state index contributed by atoms with van der Waals surface area (Å²) in [6, 6.07) is 7.51. The summed E-state index contributed by atoms with van der Waals surface area (Å²) in [6.07, 6.45) is 0.812. The molecule has 1 aliphatic heterocycles. The number of nitrogens with one attached hydrogen (secondary N) is 2. The molecule has 29 heavy (non-hydrogen) atoms. The lowest BCUT2D eigenvalue weighted by Gasteiger charge is -2.27. The number of rotatable bonds is 7. The van der Waals surface area contributed by atoms with Crippen molar-refractivity contribution >= 4 is 28.2 Å². The summed E-state index contributed by atoms with van der Waals surface area (Å²) in [5, 5.41) is 3.53. The number of thiophene rings is 1. The number of fused-ring (bicyclic) bond motifs is 1. The molecular weight excluding hydrogens is 388 g/mol. The molecule has 0 bridgehead atoms. The largest absolute Gasteiger partial charge is 0.494 e. The summed E-state index contributed by atoms with van der Waals surface area (Å²) >= 11 is 1.49. The summed E-state index contributed by atoms with van der Waals surface area (Å²) < 4.78 is 10.7. The molecule has 0 fully saturated rings. The molecule has 2 N–H and O–H groups in total. The smallest absolute Gasteiger partial charge is 0.341 e. The van der Waals surface area contributed by atoms with Crippen LogP contribution in [-0.2, 0) is 17.7 Å². The van der Waals surface area contributed by atoms with Crippen LogP contribution in [0, 0.1) is 0 Å². The number of esters is 1. The molecule has 2 aromatic rings. The quantitative estimate of drug-likeness (QED) is 0.680. The molecule has 1 unspecified atom stereocenters. The van der Waals surface area contributed by atoms with Crippen LogP contribution in [0.1, 0.15) is 58.9 Å². The van der Waals surface area contributed by atoms with Gasteiger partial charge in [0.25, 0.3) is 5.91 Å². The third-order valence-corrected chi connectivity index (χ3v) is 6.27. The zero-order chi connectivity index (χ0) is 21.0. The molecule has 1 aromatic carbocycles. The summed E-state index contributed by atoms with van der Waals surface area (Å²) in [4.78, 5) is 28.1. The van der Waals surface area contributed by atoms with Crippen molar-refractivity contribution in [2.24, 2.45) is 0 Å². The summed E-state index contributed by atoms with van der Waals surface area (Å²) in [5.74, 6) is 0.116. The third kappa shape index (κ3) is 4.79. The van der Waals surface area contributed by atoms with E-state index in [1.807, 2.05) is 6.92 Å². The van der Waals surface area contributed by atoms with Crippen LogP contribution in [-0.4, -0.2) is 37.7 Å². The first-order valence-corrected chi connectivity index (χ1v) is 11.0. The van der Waals surface area contributed by atoms with E-state index in [4.69, 9.17) is 9.47 Å². The standard InChI is InChI=1S/C22H28N2O4S/c1-5-27-16-9-7-15(8-10-16)20(25)23-21-19(22(26)28-6-2)17-11-12-24(14(3)4)13-18(17)29-21/h7-10,14H,5-6,11-13H2,1-4H3,(H,23,25)/p+1. The van der Waals surface area contributed by atoms with Crippen molar-refractivity contribution in [1.29, 1.82) is 0 Å². The second kappa shape index (κ2) is 9.41. The minimum atomic E-state index is -0.361. The molecule has 7 heteroatoms. The minimum Gasteiger partial charge on any atom is -0.494 e. The van der Waals surface area contributed by atoms with Gasteiger partial charge in [-0.2, -0.15) is 0 Å². The average molecular weight is 418 g/mol. The van der Waals surface area contributed by atoms with E-state index < -0.39 is 0 Å². The first kappa shape index (κ1) is 21.3. The number of quaternary nitrogens is 1. The molecule has 1 aliphatic rings. The highest BCUT2D eigenvalue weighted by molar-refractivity contribution is 7.17. The van der Waals surface area contributed by atoms with E-state index in [-0.39, 0.29) is 11.9 Å². The second-order valence-electron chi connectivity index (χ2n) is 7.33. The van der Waals surface area contributed by atoms with E-state index in [0.29, 0.717) is 35.4 Å². The highest BCUT2D eigenvalue weighted by Crippen LogP contribution is 2.35. The van der Waals surface area contributed by atoms with Gasteiger partial charge in [-0.3, -0.25) is 4.79 Å². The lowest BCUT2D eigenvalue weighted by molar-refractivity contribution is -0.936. The molecule has 0 radical (unpaired) electrons. The predicted octanol–water partition coefficient (Wildman–Crippen LogP) is 2.93. The highest BCUT2D eigenvalue weighted by Gasteiger charge is 2.32. The van der Waals surface area contributed by atoms with Gasteiger partial charge >= 0.3 is 5.97 Å². The molecule has 0 saturated carbocycles. The van der Waals surface area contributed by atoms with Crippen LogP contribution in [0.4, 0.5) is 5.00 Å². The van der Waals surface area contributed by atoms with Crippen molar-refractivity contribution in [3.63, 3.8) is 0 Å². The van der Waals surface area contributed by atoms with Crippen molar-refractivity contribution < 1.29 is 24.0 Å². The van der Waals surface area contributed by atoms with Crippen molar-refractivity contribution in [2.45, 2.75) is 46.7 Å². The molecule has 0 aliphatic carbocycles. The molecule has 156 valence electrons. The molecular formula is C22H29N2O4S+. The van der Waals surface area contributed by atoms with Crippen LogP contribution in [0.2, 0.25) is 0 Å². The van der Waals surface area contributed by atoms with E-state index in [9.17, 15) is 9.59 Å². The Balaban J connectivity index is 1.87. The van der Waals surface area contributed by atoms with Gasteiger partial charge in [-0.05, 0) is 57.5 Å². The van der Waals surface area contributed by atoms with E-state index in [1.54, 1.807) is 31.2 Å². The van der Waals surface area contributed by atoms with Crippen LogP contribution < -0.4 is 15.0 Å². The molecule has 1 amide bonds. The van der Waals surface area contributed by atoms with Crippen molar-refractivity contribution in [3.05, 3.63) is 45.8 Å². The first-order valence-electron chi connectivity index (χ1n) is 10.1. The zero-order valence-electron chi connectivity index (χ0n) is 17.5. The maximum Gasteiger partial charge on any atom is 0.341 e. The van der Waals surface area contributed by atoms with Crippen molar-refractivity contribution in [3.8, 4) is 5.75 Å². The van der Waals surface area contributed by atoms with Gasteiger partial charge in [0, 0.05) is 12.0 Å². The van der Waals surface area contributed by atoms with Gasteiger partial charge in [-0.1, -0.05) is 0 Å². The summed E-state index contributed by atoms with van der Waals surface area (Å²) in [5.41, 5.74) is 2.07. The Bertz CT molecular complexity index is 874. The monoisotopic (exact) mass is 417 g/mol. The van der Waals surface area contributed by atoms with E-state index in [0.717, 1.165) is 35.7 Å². The number of hydrogen-bond donors (Lipinski definition) is 2. The Morgan fingerprint density at radius 1 is 1.17 bits per heavy atom. The highest BCUT2D eigenvalue weighted by atomic mass is 32.1. The van der Waals surface area contributed by atoms with Crippen molar-refractivity contribution in [2.75, 3.05) is 25.1 Å². The predicted molar refractivity (Wildman–Crippen MR) is 114 cm³/mol. The number of hydrogen-bond acceptors (Lipinski definition) is 5. The number of carbonyl (C=O) groups is 2. The SMILES string of the molecule is CCOC(=O)c1c(NC(=O)c2ccc(OCC)cc2)sc2c1CC[NH+](C(C)C)C2. The Labute approximate surface area is 175 Å². The van der Waals surface area contributed by atoms with Gasteiger partial charge < -0.3 is 19.7 Å². The van der Waals surface area contributed by atoms with Crippen LogP contribution in [0.5, 0.6) is 5.75 Å². The normalized spacial score (nSPS) is 15.7. The van der Waals surface area contributed by atoms with Gasteiger partial charge in [-0.15, -0.1) is 11.3 Å². The summed E-state index contributed by atoms with van der Waals surface area (Å²) in [7, 11) is 0. The molecule has 6 nitrogen and oxygen atoms in total. The lowest BCUT2D eigenvalue weighted by atomic mass is 10.0. The number of benzene rings is 1. The minimum absolute atomic E-state index is 0.245. The topological polar surface area (TPSA) is 69.1 Å². The van der Waals surface area contributed by atoms with Gasteiger partial charge in [0.15, 0.2) is 0 Å². The number of carbonyl (C=O) groups excluding carboxylic acids is 2. The number of amides is 1. The first-order chi connectivity index (χ1) is 13.9. The van der Waals surface area contributed by atoms with E-state index >= 15 is 0 Å². The van der Waals surface area contributed by atoms with Crippen LogP contribution in [0.15, 0.2) is 24.3 Å². The molecule has 1 atom stereocenters. The maximum absolute atomic E-state index is 12.8. The van der Waals surface area contributed by atoms with E-state index in [2.05, 4.69) is 19.2 Å². The van der Waals surface area contributed by atoms with Gasteiger partial charge in [0.05, 0.1) is 36.2 Å². The molecule has 3 rings (SSSR count). The lowest BCUT2D eigenvalue weighted by Crippen LogP contribution is -3.14. The van der Waals surface area contributed by atoms with Crippen LogP contribution in [0.3, 0.4) is 0 Å². The van der Waals surface area contributed by atoms with Gasteiger partial charge in [-0.25, -0.2) is 4.79 Å². The van der Waals surface area contributed by atoms with Crippen molar-refractivity contribution in [1.82, 2.24) is 0 Å². The van der Waals surface area contributed by atoms with Gasteiger partial charge in [0.2, 0.25) is 0 Å². The summed E-state index contributed by atoms with van der Waals surface area (Å²) in [6.45, 7) is 10.8. The maximum atomic E-state index is 12.8. The fraction of sp³-hybridized carbons (Fsp3) is 0.455. The third-order valence-electron chi connectivity index (χ3n) is 5.13. The average Bonchev–Trinajstić information content (AvgIpc) is 3.05. The zero-order valence-corrected chi connectivity index (χ0v) is 18.3. The molecule has 0 spiro atoms. The van der Waals surface area contributed by atoms with E-state index in [1.165, 1.54) is 16.2 Å².